The Balaban J connectivity index is 1.88. The number of amides is 1. The number of hydrogen-bond donors (Lipinski definition) is 2. The van der Waals surface area contributed by atoms with E-state index in [0.717, 1.165) is 12.8 Å². The smallest absolute Gasteiger partial charge is 0.306 e. The van der Waals surface area contributed by atoms with Crippen LogP contribution in [0.4, 0.5) is 0 Å². The number of hydrogen-bond acceptors (Lipinski definition) is 3. The summed E-state index contributed by atoms with van der Waals surface area (Å²) in [6.45, 7) is 0.429. The highest BCUT2D eigenvalue weighted by Crippen LogP contribution is 2.31. The minimum absolute atomic E-state index is 0.0493. The van der Waals surface area contributed by atoms with E-state index in [9.17, 15) is 9.59 Å². The van der Waals surface area contributed by atoms with E-state index in [-0.39, 0.29) is 17.7 Å². The highest BCUT2D eigenvalue weighted by molar-refractivity contribution is 5.93. The van der Waals surface area contributed by atoms with Crippen molar-refractivity contribution in [2.24, 2.45) is 11.8 Å². The molecule has 1 aromatic rings. The molecule has 0 bridgehead atoms. The summed E-state index contributed by atoms with van der Waals surface area (Å²) in [5.41, 5.74) is 0.551. The van der Waals surface area contributed by atoms with Gasteiger partial charge in [0.25, 0.3) is 5.91 Å². The third-order valence-corrected chi connectivity index (χ3v) is 3.44. The van der Waals surface area contributed by atoms with Gasteiger partial charge in [-0.1, -0.05) is 6.42 Å². The number of carbonyl (C=O) groups is 2. The van der Waals surface area contributed by atoms with Gasteiger partial charge in [-0.3, -0.25) is 14.6 Å². The van der Waals surface area contributed by atoms with Crippen LogP contribution in [0.15, 0.2) is 24.5 Å². The number of aromatic nitrogens is 1. The molecule has 2 N–H and O–H groups in total. The lowest BCUT2D eigenvalue weighted by atomic mass is 9.96. The summed E-state index contributed by atoms with van der Waals surface area (Å²) in [6, 6.07) is 3.28. The summed E-state index contributed by atoms with van der Waals surface area (Å²) in [5, 5.41) is 11.8. The quantitative estimate of drug-likeness (QED) is 0.842. The minimum Gasteiger partial charge on any atom is -0.481 e. The van der Waals surface area contributed by atoms with Crippen LogP contribution in [-0.2, 0) is 4.79 Å². The zero-order chi connectivity index (χ0) is 13.0. The van der Waals surface area contributed by atoms with E-state index in [1.165, 1.54) is 0 Å². The molecule has 5 nitrogen and oxygen atoms in total. The van der Waals surface area contributed by atoms with E-state index in [2.05, 4.69) is 10.3 Å². The molecule has 2 rings (SSSR count). The van der Waals surface area contributed by atoms with Crippen molar-refractivity contribution in [3.63, 3.8) is 0 Å². The fourth-order valence-corrected chi connectivity index (χ4v) is 2.44. The average Bonchev–Trinajstić information content (AvgIpc) is 2.85. The van der Waals surface area contributed by atoms with E-state index in [0.29, 0.717) is 18.5 Å². The number of carbonyl (C=O) groups excluding carboxylic acids is 1. The molecule has 96 valence electrons. The molecule has 0 spiro atoms. The zero-order valence-corrected chi connectivity index (χ0v) is 10.0. The fraction of sp³-hybridized carbons (Fsp3) is 0.462. The molecule has 0 radical (unpaired) electrons. The van der Waals surface area contributed by atoms with Crippen LogP contribution in [0.25, 0.3) is 0 Å². The van der Waals surface area contributed by atoms with Crippen LogP contribution in [0.3, 0.4) is 0 Å². The number of carboxylic acid groups (broad SMARTS) is 1. The lowest BCUT2D eigenvalue weighted by molar-refractivity contribution is -0.142. The van der Waals surface area contributed by atoms with Crippen LogP contribution in [0.2, 0.25) is 0 Å². The normalized spacial score (nSPS) is 22.7. The Morgan fingerprint density at radius 3 is 2.72 bits per heavy atom. The lowest BCUT2D eigenvalue weighted by Crippen LogP contribution is -2.33. The van der Waals surface area contributed by atoms with E-state index < -0.39 is 5.97 Å². The molecular weight excluding hydrogens is 232 g/mol. The number of carboxylic acids is 1. The Morgan fingerprint density at radius 2 is 2.06 bits per heavy atom. The predicted molar refractivity (Wildman–Crippen MR) is 65.0 cm³/mol. The first-order valence-electron chi connectivity index (χ1n) is 6.09. The van der Waals surface area contributed by atoms with Crippen LogP contribution < -0.4 is 5.32 Å². The van der Waals surface area contributed by atoms with E-state index >= 15 is 0 Å². The van der Waals surface area contributed by atoms with Gasteiger partial charge >= 0.3 is 5.97 Å². The van der Waals surface area contributed by atoms with Crippen molar-refractivity contribution in [1.82, 2.24) is 10.3 Å². The lowest BCUT2D eigenvalue weighted by Gasteiger charge is -2.16. The summed E-state index contributed by atoms with van der Waals surface area (Å²) >= 11 is 0. The predicted octanol–water partition coefficient (Wildman–Crippen LogP) is 1.31. The molecule has 1 fully saturated rings. The van der Waals surface area contributed by atoms with Crippen LogP contribution in [-0.4, -0.2) is 28.5 Å². The molecule has 2 atom stereocenters. The first-order chi connectivity index (χ1) is 8.68. The molecule has 1 aromatic heterocycles. The highest BCUT2D eigenvalue weighted by atomic mass is 16.4. The maximum Gasteiger partial charge on any atom is 0.306 e. The third-order valence-electron chi connectivity index (χ3n) is 3.44. The molecule has 0 aliphatic heterocycles. The minimum atomic E-state index is -0.754. The maximum atomic E-state index is 11.8. The summed E-state index contributed by atoms with van der Waals surface area (Å²) in [4.78, 5) is 26.6. The molecule has 1 heterocycles. The number of nitrogens with one attached hydrogen (secondary N) is 1. The average molecular weight is 248 g/mol. The van der Waals surface area contributed by atoms with Gasteiger partial charge in [-0.15, -0.1) is 0 Å². The first kappa shape index (κ1) is 12.5. The van der Waals surface area contributed by atoms with Gasteiger partial charge in [0.05, 0.1) is 5.92 Å². The van der Waals surface area contributed by atoms with Gasteiger partial charge in [0.15, 0.2) is 0 Å². The summed E-state index contributed by atoms with van der Waals surface area (Å²) in [7, 11) is 0. The van der Waals surface area contributed by atoms with Gasteiger partial charge in [0.2, 0.25) is 0 Å². The molecule has 1 aliphatic rings. The molecule has 18 heavy (non-hydrogen) atoms. The van der Waals surface area contributed by atoms with Crippen molar-refractivity contribution in [2.45, 2.75) is 19.3 Å². The zero-order valence-electron chi connectivity index (χ0n) is 10.0. The molecule has 2 unspecified atom stereocenters. The Morgan fingerprint density at radius 1 is 1.33 bits per heavy atom. The van der Waals surface area contributed by atoms with Gasteiger partial charge < -0.3 is 10.4 Å². The highest BCUT2D eigenvalue weighted by Gasteiger charge is 2.32. The number of pyridine rings is 1. The molecule has 5 heteroatoms. The van der Waals surface area contributed by atoms with E-state index in [1.54, 1.807) is 24.5 Å². The Kier molecular flexibility index (Phi) is 3.92. The SMILES string of the molecule is O=C(NCC1CCCC1C(=O)O)c1ccncc1. The van der Waals surface area contributed by atoms with Gasteiger partial charge in [-0.2, -0.15) is 0 Å². The molecule has 1 amide bonds. The van der Waals surface area contributed by atoms with Crippen molar-refractivity contribution in [3.8, 4) is 0 Å². The largest absolute Gasteiger partial charge is 0.481 e. The van der Waals surface area contributed by atoms with Crippen molar-refractivity contribution >= 4 is 11.9 Å². The number of rotatable bonds is 4. The molecule has 1 aliphatic carbocycles. The van der Waals surface area contributed by atoms with E-state index in [4.69, 9.17) is 5.11 Å². The molecule has 1 saturated carbocycles. The fourth-order valence-electron chi connectivity index (χ4n) is 2.44. The second-order valence-corrected chi connectivity index (χ2v) is 4.58. The standard InChI is InChI=1S/C13H16N2O3/c16-12(9-4-6-14-7-5-9)15-8-10-2-1-3-11(10)13(17)18/h4-7,10-11H,1-3,8H2,(H,15,16)(H,17,18). The number of aliphatic carboxylic acids is 1. The van der Waals surface area contributed by atoms with E-state index in [1.807, 2.05) is 0 Å². The summed E-state index contributed by atoms with van der Waals surface area (Å²) < 4.78 is 0. The Bertz CT molecular complexity index is 433. The van der Waals surface area contributed by atoms with Crippen LogP contribution in [0, 0.1) is 11.8 Å². The second kappa shape index (κ2) is 5.62. The number of nitrogens with zero attached hydrogens (tertiary/aromatic N) is 1. The van der Waals surface area contributed by atoms with Gasteiger partial charge in [-0.05, 0) is 30.9 Å². The van der Waals surface area contributed by atoms with Gasteiger partial charge in [0, 0.05) is 24.5 Å². The summed E-state index contributed by atoms with van der Waals surface area (Å²) in [5.74, 6) is -1.19. The maximum absolute atomic E-state index is 11.8. The first-order valence-corrected chi connectivity index (χ1v) is 6.09. The van der Waals surface area contributed by atoms with Crippen LogP contribution >= 0.6 is 0 Å². The van der Waals surface area contributed by atoms with Crippen molar-refractivity contribution in [1.29, 1.82) is 0 Å². The van der Waals surface area contributed by atoms with Gasteiger partial charge in [0.1, 0.15) is 0 Å². The molecule has 0 saturated heterocycles. The third kappa shape index (κ3) is 2.85. The van der Waals surface area contributed by atoms with Gasteiger partial charge in [-0.25, -0.2) is 0 Å². The van der Waals surface area contributed by atoms with Crippen LogP contribution in [0.1, 0.15) is 29.6 Å². The Hall–Kier alpha value is -1.91. The van der Waals surface area contributed by atoms with Crippen molar-refractivity contribution < 1.29 is 14.7 Å². The monoisotopic (exact) mass is 248 g/mol. The molecular formula is C13H16N2O3. The topological polar surface area (TPSA) is 79.3 Å². The second-order valence-electron chi connectivity index (χ2n) is 4.58. The summed E-state index contributed by atoms with van der Waals surface area (Å²) in [6.07, 6.45) is 5.63. The Labute approximate surface area is 105 Å². The molecule has 0 aromatic carbocycles. The van der Waals surface area contributed by atoms with Crippen molar-refractivity contribution in [3.05, 3.63) is 30.1 Å². The van der Waals surface area contributed by atoms with Crippen molar-refractivity contribution in [2.75, 3.05) is 6.54 Å². The van der Waals surface area contributed by atoms with Crippen LogP contribution in [0.5, 0.6) is 0 Å².